The van der Waals surface area contributed by atoms with E-state index in [1.165, 1.54) is 0 Å². The molecule has 148 valence electrons. The van der Waals surface area contributed by atoms with Crippen LogP contribution in [0.5, 0.6) is 0 Å². The molecule has 3 aromatic rings. The largest absolute Gasteiger partial charge is 0.317 e. The molecule has 0 radical (unpaired) electrons. The maximum Gasteiger partial charge on any atom is 0.0932 e. The summed E-state index contributed by atoms with van der Waals surface area (Å²) < 4.78 is 2.07. The zero-order chi connectivity index (χ0) is 21.5. The van der Waals surface area contributed by atoms with Crippen LogP contribution in [0, 0.1) is 5.53 Å². The van der Waals surface area contributed by atoms with Gasteiger partial charge in [0.05, 0.1) is 11.2 Å². The van der Waals surface area contributed by atoms with E-state index in [0.29, 0.717) is 5.69 Å². The molecule has 0 saturated heterocycles. The summed E-state index contributed by atoms with van der Waals surface area (Å²) in [5.74, 6) is 0. The second kappa shape index (κ2) is 9.48. The Hall–Kier alpha value is -3.98. The summed E-state index contributed by atoms with van der Waals surface area (Å²) in [7, 11) is 0. The third-order valence-electron chi connectivity index (χ3n) is 5.00. The minimum atomic E-state index is 0.641. The van der Waals surface area contributed by atoms with Crippen molar-refractivity contribution >= 4 is 33.9 Å². The summed E-state index contributed by atoms with van der Waals surface area (Å²) >= 11 is 0. The molecule has 0 unspecified atom stereocenters. The van der Waals surface area contributed by atoms with Crippen molar-refractivity contribution in [2.75, 3.05) is 0 Å². The molecular weight excluding hydrogens is 366 g/mol. The van der Waals surface area contributed by atoms with Crippen LogP contribution in [0.25, 0.3) is 28.2 Å². The highest BCUT2D eigenvalue weighted by Crippen LogP contribution is 2.32. The van der Waals surface area contributed by atoms with Gasteiger partial charge in [0, 0.05) is 22.8 Å². The molecule has 0 atom stereocenters. The van der Waals surface area contributed by atoms with Gasteiger partial charge in [0.15, 0.2) is 0 Å². The van der Waals surface area contributed by atoms with E-state index in [1.807, 2.05) is 48.7 Å². The van der Waals surface area contributed by atoms with E-state index in [0.717, 1.165) is 38.2 Å². The molecule has 3 nitrogen and oxygen atoms in total. The summed E-state index contributed by atoms with van der Waals surface area (Å²) in [6, 6.07) is 14.3. The molecule has 0 aliphatic rings. The van der Waals surface area contributed by atoms with Crippen molar-refractivity contribution in [2.45, 2.75) is 6.92 Å². The Balaban J connectivity index is 2.36. The van der Waals surface area contributed by atoms with Crippen LogP contribution in [0.2, 0.25) is 0 Å². The van der Waals surface area contributed by atoms with Crippen LogP contribution in [0.4, 0.5) is 5.69 Å². The van der Waals surface area contributed by atoms with Crippen LogP contribution in [-0.4, -0.2) is 4.57 Å². The number of hydrogen-bond donors (Lipinski definition) is 1. The number of allylic oxidation sites excluding steroid dienone is 7. The number of benzene rings is 2. The van der Waals surface area contributed by atoms with Crippen molar-refractivity contribution in [3.8, 4) is 0 Å². The lowest BCUT2D eigenvalue weighted by molar-refractivity contribution is 1.14. The van der Waals surface area contributed by atoms with Gasteiger partial charge >= 0.3 is 0 Å². The van der Waals surface area contributed by atoms with E-state index < -0.39 is 0 Å². The maximum atomic E-state index is 7.73. The molecule has 1 heterocycles. The van der Waals surface area contributed by atoms with E-state index in [-0.39, 0.29) is 0 Å². The molecule has 0 spiro atoms. The van der Waals surface area contributed by atoms with Gasteiger partial charge in [0.1, 0.15) is 0 Å². The summed E-state index contributed by atoms with van der Waals surface area (Å²) in [6.45, 7) is 13.5. The Morgan fingerprint density at radius 1 is 1.03 bits per heavy atom. The molecular formula is C27H25N3. The van der Waals surface area contributed by atoms with E-state index in [2.05, 4.69) is 60.6 Å². The predicted octanol–water partition coefficient (Wildman–Crippen LogP) is 6.26. The summed E-state index contributed by atoms with van der Waals surface area (Å²) in [5.41, 5.74) is 12.3. The van der Waals surface area contributed by atoms with Crippen LogP contribution in [0.15, 0.2) is 110 Å². The van der Waals surface area contributed by atoms with E-state index in [1.54, 1.807) is 18.2 Å². The van der Waals surface area contributed by atoms with Crippen LogP contribution in [0.3, 0.4) is 0 Å². The second-order valence-electron chi connectivity index (χ2n) is 6.76. The van der Waals surface area contributed by atoms with Gasteiger partial charge in [-0.2, -0.15) is 5.11 Å². The monoisotopic (exact) mass is 391 g/mol. The van der Waals surface area contributed by atoms with Gasteiger partial charge in [-0.05, 0) is 53.3 Å². The van der Waals surface area contributed by atoms with Gasteiger partial charge in [0.2, 0.25) is 0 Å². The minimum absolute atomic E-state index is 0.641. The fourth-order valence-corrected chi connectivity index (χ4v) is 3.52. The highest BCUT2D eigenvalue weighted by Gasteiger charge is 2.11. The van der Waals surface area contributed by atoms with Gasteiger partial charge < -0.3 is 4.57 Å². The minimum Gasteiger partial charge on any atom is -0.317 e. The molecule has 2 aromatic carbocycles. The Labute approximate surface area is 177 Å². The molecule has 1 aromatic heterocycles. The van der Waals surface area contributed by atoms with Crippen LogP contribution >= 0.6 is 0 Å². The second-order valence-corrected chi connectivity index (χ2v) is 6.76. The van der Waals surface area contributed by atoms with Gasteiger partial charge in [-0.1, -0.05) is 74.4 Å². The zero-order valence-corrected chi connectivity index (χ0v) is 17.2. The summed E-state index contributed by atoms with van der Waals surface area (Å²) in [6.07, 6.45) is 15.1. The summed E-state index contributed by atoms with van der Waals surface area (Å²) in [5, 5.41) is 7.02. The first-order valence-corrected chi connectivity index (χ1v) is 9.68. The first kappa shape index (κ1) is 20.7. The SMILES string of the molecule is C=C\C=C/C=c1\cccc\c1=C(\C)c1cc2c(ccn2/C(C=C)=C/C=C)cc1N=N. The fraction of sp³-hybridized carbons (Fsp3) is 0.0370. The first-order valence-electron chi connectivity index (χ1n) is 9.68. The van der Waals surface area contributed by atoms with E-state index >= 15 is 0 Å². The van der Waals surface area contributed by atoms with Crippen LogP contribution in [0.1, 0.15) is 12.5 Å². The third-order valence-corrected chi connectivity index (χ3v) is 5.00. The lowest BCUT2D eigenvalue weighted by Crippen LogP contribution is -2.26. The molecule has 0 amide bonds. The van der Waals surface area contributed by atoms with Gasteiger partial charge in [0.25, 0.3) is 0 Å². The van der Waals surface area contributed by atoms with E-state index in [4.69, 9.17) is 5.53 Å². The van der Waals surface area contributed by atoms with E-state index in [9.17, 15) is 0 Å². The zero-order valence-electron chi connectivity index (χ0n) is 17.2. The van der Waals surface area contributed by atoms with Crippen molar-refractivity contribution in [1.29, 1.82) is 5.53 Å². The lowest BCUT2D eigenvalue weighted by Gasteiger charge is -2.10. The maximum absolute atomic E-state index is 7.73. The van der Waals surface area contributed by atoms with Crippen LogP contribution in [-0.2, 0) is 0 Å². The Bertz CT molecular complexity index is 1310. The topological polar surface area (TPSA) is 41.1 Å². The lowest BCUT2D eigenvalue weighted by atomic mass is 10.00. The number of rotatable bonds is 7. The average molecular weight is 392 g/mol. The first-order chi connectivity index (χ1) is 14.6. The van der Waals surface area contributed by atoms with Gasteiger partial charge in [-0.3, -0.25) is 0 Å². The smallest absolute Gasteiger partial charge is 0.0932 e. The average Bonchev–Trinajstić information content (AvgIpc) is 3.19. The molecule has 1 N–H and O–H groups in total. The Morgan fingerprint density at radius 2 is 1.83 bits per heavy atom. The van der Waals surface area contributed by atoms with Crippen molar-refractivity contribution in [3.05, 3.63) is 121 Å². The Kier molecular flexibility index (Phi) is 6.56. The van der Waals surface area contributed by atoms with Crippen molar-refractivity contribution in [2.24, 2.45) is 5.11 Å². The Morgan fingerprint density at radius 3 is 2.53 bits per heavy atom. The highest BCUT2D eigenvalue weighted by molar-refractivity contribution is 5.92. The number of nitrogens with one attached hydrogen (secondary N) is 1. The molecule has 30 heavy (non-hydrogen) atoms. The molecule has 0 saturated carbocycles. The number of nitrogens with zero attached hydrogens (tertiary/aromatic N) is 2. The van der Waals surface area contributed by atoms with Crippen molar-refractivity contribution in [1.82, 2.24) is 4.57 Å². The van der Waals surface area contributed by atoms with Gasteiger partial charge in [-0.25, -0.2) is 5.53 Å². The summed E-state index contributed by atoms with van der Waals surface area (Å²) in [4.78, 5) is 0. The molecule has 3 heteroatoms. The highest BCUT2D eigenvalue weighted by atomic mass is 15.0. The molecule has 3 rings (SSSR count). The molecule has 0 bridgehead atoms. The fourth-order valence-electron chi connectivity index (χ4n) is 3.52. The molecule has 0 fully saturated rings. The number of aromatic nitrogens is 1. The molecule has 0 aliphatic carbocycles. The van der Waals surface area contributed by atoms with Crippen molar-refractivity contribution in [3.63, 3.8) is 0 Å². The molecule has 0 aliphatic heterocycles. The van der Waals surface area contributed by atoms with Gasteiger partial charge in [-0.15, -0.1) is 0 Å². The quantitative estimate of drug-likeness (QED) is 0.365. The standard InChI is InChI=1S/C27H25N3/c1-5-8-9-13-21-14-10-11-15-24(21)20(4)25-19-27-22(18-26(25)29-28)16-17-30(27)23(7-3)12-6-2/h5-19,28H,1-3H2,4H3/b9-8-,21-13+,23-12+,24-20+,29-28?. The van der Waals surface area contributed by atoms with Crippen molar-refractivity contribution < 1.29 is 0 Å². The van der Waals surface area contributed by atoms with Crippen LogP contribution < -0.4 is 10.4 Å². The number of hydrogen-bond acceptors (Lipinski definition) is 2. The number of fused-ring (bicyclic) bond motifs is 1. The third kappa shape index (κ3) is 4.06. The predicted molar refractivity (Wildman–Crippen MR) is 129 cm³/mol. The normalized spacial score (nSPS) is 13.5.